The topological polar surface area (TPSA) is 3.24 Å². The molecule has 0 radical (unpaired) electrons. The van der Waals surface area contributed by atoms with E-state index >= 15 is 0 Å². The molecule has 0 unspecified atom stereocenters. The fraction of sp³-hybridized carbons (Fsp3) is 0.0667. The van der Waals surface area contributed by atoms with Gasteiger partial charge in [-0.3, -0.25) is 0 Å². The molecule has 0 fully saturated rings. The normalized spacial score (nSPS) is 14.9. The number of nitrogens with zero attached hydrogens (tertiary/aromatic N) is 1. The zero-order valence-electron chi connectivity index (χ0n) is 27.6. The first kappa shape index (κ1) is 29.0. The lowest BCUT2D eigenvalue weighted by Crippen LogP contribution is -2.82. The number of rotatable bonds is 4. The summed E-state index contributed by atoms with van der Waals surface area (Å²) < 4.78 is 0. The second-order valence-corrected chi connectivity index (χ2v) is 21.0. The Balaban J connectivity index is 1.55. The van der Waals surface area contributed by atoms with Crippen molar-refractivity contribution in [3.63, 3.8) is 0 Å². The van der Waals surface area contributed by atoms with Gasteiger partial charge in [0, 0.05) is 17.1 Å². The largest absolute Gasteiger partial charge is 0.311 e. The van der Waals surface area contributed by atoms with Gasteiger partial charge < -0.3 is 4.90 Å². The summed E-state index contributed by atoms with van der Waals surface area (Å²) in [5, 5.41) is 11.6. The Morgan fingerprint density at radius 2 is 0.646 bits per heavy atom. The molecule has 0 aromatic heterocycles. The van der Waals surface area contributed by atoms with E-state index < -0.39 is 16.1 Å². The van der Waals surface area contributed by atoms with Gasteiger partial charge in [0.25, 0.3) is 0 Å². The zero-order valence-corrected chi connectivity index (χ0v) is 29.6. The standard InChI is InChI=1S/C45H37NSi2/c1-32-24-26-39-41(28-32)47(35-16-8-4-9-17-35,36-18-10-5-11-19-36)43-30-34(3)31-44-45(43)46(39)40-27-25-33(2)29-42(40)48(44,37-20-12-6-13-21-37)38-22-14-7-15-23-38/h4-31H,1-3H3. The third kappa shape index (κ3) is 3.89. The van der Waals surface area contributed by atoms with Crippen LogP contribution in [0.4, 0.5) is 17.1 Å². The van der Waals surface area contributed by atoms with Crippen molar-refractivity contribution < 1.29 is 0 Å². The molecule has 9 rings (SSSR count). The number of benzene rings is 7. The molecule has 0 saturated carbocycles. The summed E-state index contributed by atoms with van der Waals surface area (Å²) in [7, 11) is -5.62. The fourth-order valence-electron chi connectivity index (χ4n) is 8.87. The molecule has 0 saturated heterocycles. The van der Waals surface area contributed by atoms with E-state index in [9.17, 15) is 0 Å². The van der Waals surface area contributed by atoms with E-state index in [1.165, 1.54) is 75.2 Å². The van der Waals surface area contributed by atoms with Gasteiger partial charge in [0.15, 0.2) is 16.1 Å². The lowest BCUT2D eigenvalue weighted by molar-refractivity contribution is 1.27. The fourth-order valence-corrected chi connectivity index (χ4v) is 19.6. The van der Waals surface area contributed by atoms with E-state index in [0.717, 1.165) is 0 Å². The van der Waals surface area contributed by atoms with Crippen molar-refractivity contribution >= 4 is 74.7 Å². The molecule has 48 heavy (non-hydrogen) atoms. The van der Waals surface area contributed by atoms with Gasteiger partial charge >= 0.3 is 0 Å². The van der Waals surface area contributed by atoms with Crippen LogP contribution in [0.5, 0.6) is 0 Å². The van der Waals surface area contributed by atoms with Gasteiger partial charge in [-0.1, -0.05) is 174 Å². The minimum absolute atomic E-state index is 1.30. The van der Waals surface area contributed by atoms with Gasteiger partial charge in [-0.05, 0) is 74.4 Å². The predicted molar refractivity (Wildman–Crippen MR) is 210 cm³/mol. The third-order valence-electron chi connectivity index (χ3n) is 10.7. The molecule has 0 aliphatic carbocycles. The van der Waals surface area contributed by atoms with Crippen molar-refractivity contribution in [3.8, 4) is 0 Å². The Bertz CT molecular complexity index is 2070. The van der Waals surface area contributed by atoms with Gasteiger partial charge in [0.1, 0.15) is 0 Å². The Morgan fingerprint density at radius 3 is 0.979 bits per heavy atom. The Hall–Kier alpha value is -5.23. The van der Waals surface area contributed by atoms with E-state index in [1.807, 2.05) is 0 Å². The molecule has 0 amide bonds. The quantitative estimate of drug-likeness (QED) is 0.230. The smallest absolute Gasteiger partial charge is 0.184 e. The van der Waals surface area contributed by atoms with Crippen LogP contribution >= 0.6 is 0 Å². The Morgan fingerprint density at radius 1 is 0.333 bits per heavy atom. The molecule has 2 aliphatic rings. The molecule has 2 aliphatic heterocycles. The average molecular weight is 648 g/mol. The first-order valence-corrected chi connectivity index (χ1v) is 20.9. The maximum atomic E-state index is 2.65. The third-order valence-corrected chi connectivity index (χ3v) is 20.3. The van der Waals surface area contributed by atoms with Crippen LogP contribution in [-0.4, -0.2) is 16.1 Å². The molecule has 0 spiro atoms. The second-order valence-electron chi connectivity index (χ2n) is 13.5. The molecule has 7 aromatic carbocycles. The number of fused-ring (bicyclic) bond motifs is 4. The summed E-state index contributed by atoms with van der Waals surface area (Å²) >= 11 is 0. The van der Waals surface area contributed by atoms with Crippen LogP contribution < -0.4 is 46.4 Å². The first-order chi connectivity index (χ1) is 23.5. The van der Waals surface area contributed by atoms with Gasteiger partial charge in [-0.15, -0.1) is 0 Å². The highest BCUT2D eigenvalue weighted by atomic mass is 28.3. The van der Waals surface area contributed by atoms with Gasteiger partial charge in [0.2, 0.25) is 0 Å². The molecular formula is C45H37NSi2. The van der Waals surface area contributed by atoms with Crippen molar-refractivity contribution in [2.45, 2.75) is 20.8 Å². The predicted octanol–water partition coefficient (Wildman–Crippen LogP) is 5.46. The summed E-state index contributed by atoms with van der Waals surface area (Å²) in [4.78, 5) is 2.65. The minimum Gasteiger partial charge on any atom is -0.311 e. The molecule has 7 aromatic rings. The van der Waals surface area contributed by atoms with Crippen molar-refractivity contribution in [2.75, 3.05) is 4.90 Å². The van der Waals surface area contributed by atoms with E-state index in [0.29, 0.717) is 0 Å². The van der Waals surface area contributed by atoms with E-state index in [1.54, 1.807) is 0 Å². The zero-order chi connectivity index (χ0) is 32.5. The van der Waals surface area contributed by atoms with Crippen molar-refractivity contribution in [3.05, 3.63) is 187 Å². The number of hydrogen-bond donors (Lipinski definition) is 0. The van der Waals surface area contributed by atoms with Gasteiger partial charge in [-0.25, -0.2) is 0 Å². The molecule has 0 bridgehead atoms. The van der Waals surface area contributed by atoms with Crippen LogP contribution in [0.2, 0.25) is 0 Å². The molecule has 2 heterocycles. The molecular weight excluding hydrogens is 611 g/mol. The van der Waals surface area contributed by atoms with Crippen LogP contribution in [0.25, 0.3) is 0 Å². The maximum absolute atomic E-state index is 2.81. The van der Waals surface area contributed by atoms with Crippen molar-refractivity contribution in [1.29, 1.82) is 0 Å². The minimum atomic E-state index is -2.81. The van der Waals surface area contributed by atoms with E-state index in [2.05, 4.69) is 196 Å². The highest BCUT2D eigenvalue weighted by Gasteiger charge is 2.56. The summed E-state index contributed by atoms with van der Waals surface area (Å²) in [5.74, 6) is 0. The first-order valence-electron chi connectivity index (χ1n) is 16.9. The molecule has 3 heteroatoms. The summed E-state index contributed by atoms with van der Waals surface area (Å²) in [6.45, 7) is 6.83. The van der Waals surface area contributed by atoms with Crippen LogP contribution in [0.3, 0.4) is 0 Å². The lowest BCUT2D eigenvalue weighted by atomic mass is 10.1. The number of aryl methyl sites for hydroxylation is 3. The van der Waals surface area contributed by atoms with E-state index in [4.69, 9.17) is 0 Å². The molecule has 1 nitrogen and oxygen atoms in total. The van der Waals surface area contributed by atoms with Crippen LogP contribution in [-0.2, 0) is 0 Å². The number of hydrogen-bond acceptors (Lipinski definition) is 1. The van der Waals surface area contributed by atoms with Gasteiger partial charge in [0.05, 0.1) is 0 Å². The maximum Gasteiger partial charge on any atom is 0.184 e. The SMILES string of the molecule is Cc1ccc2c(c1)[Si](c1ccccc1)(c1ccccc1)c1cc(C)cc3c1N2c1ccc(C)cc1[Si]3(c1ccccc1)c1ccccc1. The highest BCUT2D eigenvalue weighted by molar-refractivity contribution is 7.24. The average Bonchev–Trinajstić information content (AvgIpc) is 3.13. The number of anilines is 3. The Kier molecular flexibility index (Phi) is 6.58. The molecule has 0 N–H and O–H groups in total. The van der Waals surface area contributed by atoms with E-state index in [-0.39, 0.29) is 0 Å². The van der Waals surface area contributed by atoms with Crippen LogP contribution in [0, 0.1) is 20.8 Å². The lowest BCUT2D eigenvalue weighted by Gasteiger charge is -2.52. The Labute approximate surface area is 285 Å². The summed E-state index contributed by atoms with van der Waals surface area (Å²) in [6, 6.07) is 65.3. The molecule has 0 atom stereocenters. The van der Waals surface area contributed by atoms with Crippen LogP contribution in [0.15, 0.2) is 170 Å². The molecule has 230 valence electrons. The monoisotopic (exact) mass is 647 g/mol. The van der Waals surface area contributed by atoms with Gasteiger partial charge in [-0.2, -0.15) is 0 Å². The summed E-state index contributed by atoms with van der Waals surface area (Å²) in [6.07, 6.45) is 0. The van der Waals surface area contributed by atoms with Crippen molar-refractivity contribution in [2.24, 2.45) is 0 Å². The van der Waals surface area contributed by atoms with Crippen molar-refractivity contribution in [1.82, 2.24) is 0 Å². The summed E-state index contributed by atoms with van der Waals surface area (Å²) in [5.41, 5.74) is 7.94. The highest BCUT2D eigenvalue weighted by Crippen LogP contribution is 2.42. The van der Waals surface area contributed by atoms with Crippen LogP contribution in [0.1, 0.15) is 16.7 Å². The second kappa shape index (κ2) is 10.9.